The van der Waals surface area contributed by atoms with Crippen molar-refractivity contribution in [2.75, 3.05) is 18.0 Å². The van der Waals surface area contributed by atoms with E-state index in [1.807, 2.05) is 35.8 Å². The lowest BCUT2D eigenvalue weighted by molar-refractivity contribution is -0.140. The molecule has 1 aromatic carbocycles. The molecule has 2 saturated heterocycles. The molecular weight excluding hydrogens is 360 g/mol. The topological polar surface area (TPSA) is 60.2 Å². The van der Waals surface area contributed by atoms with E-state index in [1.54, 1.807) is 0 Å². The van der Waals surface area contributed by atoms with Crippen LogP contribution in [-0.2, 0) is 9.53 Å². The van der Waals surface area contributed by atoms with Crippen LogP contribution in [0.2, 0.25) is 5.02 Å². The Morgan fingerprint density at radius 1 is 1.24 bits per heavy atom. The van der Waals surface area contributed by atoms with Crippen molar-refractivity contribution in [3.8, 4) is 5.69 Å². The second-order valence-electron chi connectivity index (χ2n) is 6.35. The lowest BCUT2D eigenvalue weighted by Crippen LogP contribution is -2.22. The van der Waals surface area contributed by atoms with Crippen molar-refractivity contribution in [1.29, 1.82) is 0 Å². The first-order valence-electron chi connectivity index (χ1n) is 8.46. The van der Waals surface area contributed by atoms with Crippen LogP contribution in [0.5, 0.6) is 0 Å². The average Bonchev–Trinajstić information content (AvgIpc) is 3.29. The lowest BCUT2D eigenvalue weighted by Gasteiger charge is -2.19. The molecule has 0 unspecified atom stereocenters. The van der Waals surface area contributed by atoms with Crippen LogP contribution >= 0.6 is 23.4 Å². The lowest BCUT2D eigenvalue weighted by atomic mass is 10.3. The number of anilines is 1. The van der Waals surface area contributed by atoms with Gasteiger partial charge in [-0.15, -0.1) is 10.2 Å². The zero-order valence-corrected chi connectivity index (χ0v) is 15.5. The summed E-state index contributed by atoms with van der Waals surface area (Å²) < 4.78 is 7.24. The molecule has 132 valence electrons. The largest absolute Gasteiger partial charge is 0.462 e. The minimum absolute atomic E-state index is 0.0558. The van der Waals surface area contributed by atoms with E-state index >= 15 is 0 Å². The molecule has 6 nitrogen and oxygen atoms in total. The van der Waals surface area contributed by atoms with Gasteiger partial charge in [0, 0.05) is 19.5 Å². The molecule has 2 aliphatic rings. The van der Waals surface area contributed by atoms with Crippen molar-refractivity contribution < 1.29 is 9.53 Å². The van der Waals surface area contributed by atoms with Crippen molar-refractivity contribution in [1.82, 2.24) is 14.8 Å². The fraction of sp³-hybridized carbons (Fsp3) is 0.471. The van der Waals surface area contributed by atoms with E-state index in [1.165, 1.54) is 11.8 Å². The molecular formula is C17H19ClN4O2S. The van der Waals surface area contributed by atoms with Crippen LogP contribution in [0.1, 0.15) is 26.2 Å². The Morgan fingerprint density at radius 3 is 2.68 bits per heavy atom. The number of hydrogen-bond donors (Lipinski definition) is 0. The number of benzene rings is 1. The molecule has 2 aromatic rings. The van der Waals surface area contributed by atoms with Gasteiger partial charge >= 0.3 is 5.97 Å². The van der Waals surface area contributed by atoms with Crippen LogP contribution in [0.4, 0.5) is 5.95 Å². The smallest absolute Gasteiger partial charge is 0.319 e. The van der Waals surface area contributed by atoms with E-state index in [0.717, 1.165) is 37.6 Å². The highest BCUT2D eigenvalue weighted by Gasteiger charge is 2.35. The molecule has 0 spiro atoms. The summed E-state index contributed by atoms with van der Waals surface area (Å²) in [6, 6.07) is 7.64. The van der Waals surface area contributed by atoms with Crippen LogP contribution in [0.3, 0.4) is 0 Å². The van der Waals surface area contributed by atoms with E-state index in [2.05, 4.69) is 15.1 Å². The van der Waals surface area contributed by atoms with E-state index < -0.39 is 0 Å². The molecule has 8 heteroatoms. The third-order valence-corrected chi connectivity index (χ3v) is 5.94. The fourth-order valence-corrected chi connectivity index (χ4v) is 4.61. The van der Waals surface area contributed by atoms with Gasteiger partial charge in [0.1, 0.15) is 11.4 Å². The Hall–Kier alpha value is -1.73. The molecule has 4 rings (SSSR count). The maximum atomic E-state index is 12.0. The predicted molar refractivity (Wildman–Crippen MR) is 97.6 cm³/mol. The van der Waals surface area contributed by atoms with Gasteiger partial charge in [-0.3, -0.25) is 9.36 Å². The van der Waals surface area contributed by atoms with Gasteiger partial charge in [0.15, 0.2) is 5.16 Å². The number of para-hydroxylation sites is 1. The SMILES string of the molecule is C[C@H]1C[C@@H](Sc2nnc(N3CCCC3)n2-c2ccccc2Cl)C(=O)O1. The number of halogens is 1. The second kappa shape index (κ2) is 6.88. The molecule has 0 N–H and O–H groups in total. The van der Waals surface area contributed by atoms with Crippen LogP contribution in [0.15, 0.2) is 29.4 Å². The normalized spacial score (nSPS) is 23.3. The molecule has 0 amide bonds. The number of hydrogen-bond acceptors (Lipinski definition) is 6. The van der Waals surface area contributed by atoms with Gasteiger partial charge in [0.2, 0.25) is 5.95 Å². The molecule has 2 fully saturated rings. The first-order chi connectivity index (χ1) is 12.1. The minimum atomic E-state index is -0.258. The maximum Gasteiger partial charge on any atom is 0.319 e. The molecule has 1 aromatic heterocycles. The summed E-state index contributed by atoms with van der Waals surface area (Å²) in [5.74, 6) is 0.599. The summed E-state index contributed by atoms with van der Waals surface area (Å²) in [6.45, 7) is 3.82. The van der Waals surface area contributed by atoms with E-state index in [0.29, 0.717) is 16.6 Å². The summed E-state index contributed by atoms with van der Waals surface area (Å²) in [6.07, 6.45) is 2.91. The number of rotatable bonds is 4. The van der Waals surface area contributed by atoms with Gasteiger partial charge in [-0.05, 0) is 31.9 Å². The quantitative estimate of drug-likeness (QED) is 0.760. The van der Waals surface area contributed by atoms with Gasteiger partial charge < -0.3 is 9.64 Å². The summed E-state index contributed by atoms with van der Waals surface area (Å²) in [5, 5.41) is 9.82. The maximum absolute atomic E-state index is 12.0. The zero-order chi connectivity index (χ0) is 17.4. The van der Waals surface area contributed by atoms with Crippen molar-refractivity contribution in [2.45, 2.75) is 42.7 Å². The number of esters is 1. The van der Waals surface area contributed by atoms with E-state index in [9.17, 15) is 4.79 Å². The molecule has 0 aliphatic carbocycles. The average molecular weight is 379 g/mol. The Bertz CT molecular complexity index is 791. The van der Waals surface area contributed by atoms with E-state index in [4.69, 9.17) is 16.3 Å². The van der Waals surface area contributed by atoms with Crippen molar-refractivity contribution in [3.05, 3.63) is 29.3 Å². The Kier molecular flexibility index (Phi) is 4.60. The highest BCUT2D eigenvalue weighted by molar-refractivity contribution is 8.00. The third kappa shape index (κ3) is 3.22. The molecule has 2 atom stereocenters. The van der Waals surface area contributed by atoms with E-state index in [-0.39, 0.29) is 17.3 Å². The first-order valence-corrected chi connectivity index (χ1v) is 9.71. The van der Waals surface area contributed by atoms with Gasteiger partial charge in [0.05, 0.1) is 10.7 Å². The third-order valence-electron chi connectivity index (χ3n) is 4.47. The molecule has 3 heterocycles. The number of thioether (sulfide) groups is 1. The molecule has 25 heavy (non-hydrogen) atoms. The summed E-state index contributed by atoms with van der Waals surface area (Å²) in [7, 11) is 0. The molecule has 0 radical (unpaired) electrons. The summed E-state index contributed by atoms with van der Waals surface area (Å²) >= 11 is 7.84. The zero-order valence-electron chi connectivity index (χ0n) is 13.9. The highest BCUT2D eigenvalue weighted by atomic mass is 35.5. The Morgan fingerprint density at radius 2 is 2.00 bits per heavy atom. The molecule has 0 bridgehead atoms. The van der Waals surface area contributed by atoms with Crippen molar-refractivity contribution in [2.24, 2.45) is 0 Å². The van der Waals surface area contributed by atoms with Crippen molar-refractivity contribution in [3.63, 3.8) is 0 Å². The minimum Gasteiger partial charge on any atom is -0.462 e. The highest BCUT2D eigenvalue weighted by Crippen LogP contribution is 2.36. The number of aromatic nitrogens is 3. The number of carbonyl (C=O) groups excluding carboxylic acids is 1. The summed E-state index contributed by atoms with van der Waals surface area (Å²) in [5.41, 5.74) is 0.831. The van der Waals surface area contributed by atoms with Crippen LogP contribution in [-0.4, -0.2) is 45.2 Å². The van der Waals surface area contributed by atoms with Crippen LogP contribution in [0, 0.1) is 0 Å². The Labute approximate surface area is 155 Å². The second-order valence-corrected chi connectivity index (χ2v) is 7.93. The Balaban J connectivity index is 1.74. The van der Waals surface area contributed by atoms with Gasteiger partial charge in [-0.2, -0.15) is 0 Å². The number of carbonyl (C=O) groups is 1. The standard InChI is InChI=1S/C17H19ClN4O2S/c1-11-10-14(15(23)24-11)25-17-20-19-16(21-8-4-5-9-21)22(17)13-7-3-2-6-12(13)18/h2-3,6-7,11,14H,4-5,8-10H2,1H3/t11-,14+/m0/s1. The fourth-order valence-electron chi connectivity index (χ4n) is 3.25. The monoisotopic (exact) mass is 378 g/mol. The number of nitrogens with zero attached hydrogens (tertiary/aromatic N) is 4. The van der Waals surface area contributed by atoms with Gasteiger partial charge in [0.25, 0.3) is 0 Å². The molecule has 2 aliphatic heterocycles. The molecule has 0 saturated carbocycles. The van der Waals surface area contributed by atoms with Crippen LogP contribution in [0.25, 0.3) is 5.69 Å². The van der Waals surface area contributed by atoms with Gasteiger partial charge in [-0.1, -0.05) is 35.5 Å². The predicted octanol–water partition coefficient (Wildman–Crippen LogP) is 3.32. The van der Waals surface area contributed by atoms with Gasteiger partial charge in [-0.25, -0.2) is 0 Å². The summed E-state index contributed by atoms with van der Waals surface area (Å²) in [4.78, 5) is 14.2. The number of cyclic esters (lactones) is 1. The van der Waals surface area contributed by atoms with Crippen molar-refractivity contribution >= 4 is 35.3 Å². The van der Waals surface area contributed by atoms with Crippen LogP contribution < -0.4 is 4.90 Å². The number of ether oxygens (including phenoxy) is 1. The first kappa shape index (κ1) is 16.7.